The maximum Gasteiger partial charge on any atom is 0.456 e. The molecule has 0 aromatic heterocycles. The zero-order valence-electron chi connectivity index (χ0n) is 21.2. The van der Waals surface area contributed by atoms with Crippen molar-refractivity contribution in [2.24, 2.45) is 22.7 Å². The number of carbonyl (C=O) groups excluding carboxylic acids is 2. The molecule has 36 heavy (non-hydrogen) atoms. The van der Waals surface area contributed by atoms with Crippen molar-refractivity contribution in [1.29, 1.82) is 0 Å². The molecule has 0 saturated heterocycles. The van der Waals surface area contributed by atoms with Gasteiger partial charge in [-0.05, 0) is 68.9 Å². The number of ether oxygens (including phenoxy) is 2. The molecule has 2 fully saturated rings. The summed E-state index contributed by atoms with van der Waals surface area (Å²) in [6.07, 6.45) is 10.9. The number of hydrogen-bond donors (Lipinski definition) is 1. The molecule has 2 saturated carbocycles. The normalized spacial score (nSPS) is 32.1. The van der Waals surface area contributed by atoms with Crippen molar-refractivity contribution in [3.8, 4) is 0 Å². The molecule has 0 aliphatic heterocycles. The Kier molecular flexibility index (Phi) is 7.55. The Bertz CT molecular complexity index is 1040. The van der Waals surface area contributed by atoms with Crippen molar-refractivity contribution in [3.63, 3.8) is 0 Å². The van der Waals surface area contributed by atoms with Crippen LogP contribution >= 0.6 is 11.9 Å². The van der Waals surface area contributed by atoms with Crippen LogP contribution in [0.15, 0.2) is 46.6 Å². The fraction of sp³-hybridized carbons (Fsp3) is 0.630. The Labute approximate surface area is 214 Å². The van der Waals surface area contributed by atoms with Gasteiger partial charge in [0.15, 0.2) is 0 Å². The molecular formula is C27H34F3NO4S. The summed E-state index contributed by atoms with van der Waals surface area (Å²) in [5.41, 5.74) is -1.31. The SMILES string of the molecule is CC1C=C2CC2=CC(C)(C(=O)OCC(CNSC(F)(F)F)OC(=O)C2(C)C=C3CC(=CC(C)C2)C3)C1. The monoisotopic (exact) mass is 525 g/mol. The largest absolute Gasteiger partial charge is 0.461 e. The van der Waals surface area contributed by atoms with Crippen molar-refractivity contribution in [3.05, 3.63) is 46.6 Å². The molecular weight excluding hydrogens is 491 g/mol. The van der Waals surface area contributed by atoms with Crippen LogP contribution in [-0.2, 0) is 19.1 Å². The summed E-state index contributed by atoms with van der Waals surface area (Å²) in [6, 6.07) is 0. The number of halogens is 3. The van der Waals surface area contributed by atoms with Gasteiger partial charge >= 0.3 is 17.4 Å². The maximum absolute atomic E-state index is 13.3. The van der Waals surface area contributed by atoms with Crippen molar-refractivity contribution in [2.75, 3.05) is 13.2 Å². The lowest BCUT2D eigenvalue weighted by Crippen LogP contribution is -2.41. The number of hydrogen-bond acceptors (Lipinski definition) is 6. The molecule has 5 aliphatic rings. The Hall–Kier alpha value is -2.00. The Morgan fingerprint density at radius 3 is 2.31 bits per heavy atom. The van der Waals surface area contributed by atoms with Gasteiger partial charge in [0.05, 0.1) is 10.8 Å². The molecule has 0 spiro atoms. The van der Waals surface area contributed by atoms with Crippen LogP contribution in [0.2, 0.25) is 0 Å². The molecule has 198 valence electrons. The standard InChI is InChI=1S/C27H34F3NO4S/c1-16-5-18-7-19(8-18)12-25(3,10-16)24(33)35-22(14-31-36-27(28,29)30)15-34-23(32)26(4)11-17(2)6-20-9-21(20)13-26/h5-6,12-13,16-17,22,31H,7-11,14-15H2,1-4H3. The van der Waals surface area contributed by atoms with E-state index in [9.17, 15) is 22.8 Å². The van der Waals surface area contributed by atoms with Crippen LogP contribution in [0.25, 0.3) is 0 Å². The zero-order chi connectivity index (χ0) is 26.3. The van der Waals surface area contributed by atoms with E-state index in [-0.39, 0.29) is 25.0 Å². The highest BCUT2D eigenvalue weighted by molar-refractivity contribution is 7.98. The highest BCUT2D eigenvalue weighted by Crippen LogP contribution is 2.47. The first-order chi connectivity index (χ1) is 16.7. The quantitative estimate of drug-likeness (QED) is 0.231. The topological polar surface area (TPSA) is 64.6 Å². The molecule has 0 radical (unpaired) electrons. The number of carbonyl (C=O) groups is 2. The predicted octanol–water partition coefficient (Wildman–Crippen LogP) is 6.19. The Morgan fingerprint density at radius 2 is 1.64 bits per heavy atom. The number of nitrogens with one attached hydrogen (secondary N) is 1. The summed E-state index contributed by atoms with van der Waals surface area (Å²) in [5.74, 6) is -0.624. The predicted molar refractivity (Wildman–Crippen MR) is 132 cm³/mol. The molecule has 5 atom stereocenters. The summed E-state index contributed by atoms with van der Waals surface area (Å²) >= 11 is -0.411. The molecule has 0 heterocycles. The average Bonchev–Trinajstić information content (AvgIpc) is 3.44. The first kappa shape index (κ1) is 27.0. The summed E-state index contributed by atoms with van der Waals surface area (Å²) < 4.78 is 51.6. The van der Waals surface area contributed by atoms with Crippen molar-refractivity contribution < 1.29 is 32.2 Å². The van der Waals surface area contributed by atoms with Crippen molar-refractivity contribution >= 4 is 23.9 Å². The van der Waals surface area contributed by atoms with Crippen LogP contribution in [0.4, 0.5) is 13.2 Å². The third-order valence-corrected chi connectivity index (χ3v) is 7.74. The Morgan fingerprint density at radius 1 is 1.00 bits per heavy atom. The van der Waals surface area contributed by atoms with Gasteiger partial charge in [-0.3, -0.25) is 14.3 Å². The number of rotatable bonds is 8. The van der Waals surface area contributed by atoms with E-state index in [1.807, 2.05) is 32.9 Å². The molecule has 5 unspecified atom stereocenters. The second kappa shape index (κ2) is 10.0. The second-order valence-corrected chi connectivity index (χ2v) is 12.2. The number of allylic oxidation sites excluding steroid dienone is 6. The summed E-state index contributed by atoms with van der Waals surface area (Å²) in [5, 5.41) is 0. The van der Waals surface area contributed by atoms with E-state index < -0.39 is 46.3 Å². The number of alkyl halides is 3. The van der Waals surface area contributed by atoms with Gasteiger partial charge in [0, 0.05) is 18.5 Å². The second-order valence-electron chi connectivity index (χ2n) is 11.2. The minimum atomic E-state index is -4.49. The molecule has 1 N–H and O–H groups in total. The first-order valence-corrected chi connectivity index (χ1v) is 13.3. The lowest BCUT2D eigenvalue weighted by Gasteiger charge is -2.35. The van der Waals surface area contributed by atoms with Crippen LogP contribution in [-0.4, -0.2) is 36.7 Å². The smallest absolute Gasteiger partial charge is 0.456 e. The van der Waals surface area contributed by atoms with E-state index in [1.165, 1.54) is 11.1 Å². The van der Waals surface area contributed by atoms with Crippen LogP contribution in [0.1, 0.15) is 59.8 Å². The van der Waals surface area contributed by atoms with Crippen LogP contribution in [0, 0.1) is 22.7 Å². The van der Waals surface area contributed by atoms with Gasteiger partial charge in [0.2, 0.25) is 0 Å². The summed E-state index contributed by atoms with van der Waals surface area (Å²) in [4.78, 5) is 26.4. The van der Waals surface area contributed by atoms with Gasteiger partial charge in [0.25, 0.3) is 0 Å². The van der Waals surface area contributed by atoms with Gasteiger partial charge in [-0.1, -0.05) is 49.3 Å². The van der Waals surface area contributed by atoms with E-state index in [4.69, 9.17) is 9.47 Å². The third kappa shape index (κ3) is 6.65. The van der Waals surface area contributed by atoms with E-state index in [0.717, 1.165) is 30.4 Å². The third-order valence-electron chi connectivity index (χ3n) is 7.20. The maximum atomic E-state index is 13.3. The fourth-order valence-corrected chi connectivity index (χ4v) is 6.06. The first-order valence-electron chi connectivity index (χ1n) is 12.4. The lowest BCUT2D eigenvalue weighted by molar-refractivity contribution is -0.168. The molecule has 2 bridgehead atoms. The van der Waals surface area contributed by atoms with E-state index in [0.29, 0.717) is 12.8 Å². The van der Waals surface area contributed by atoms with E-state index in [1.54, 1.807) is 6.92 Å². The summed E-state index contributed by atoms with van der Waals surface area (Å²) in [6.45, 7) is 7.07. The molecule has 5 aliphatic carbocycles. The van der Waals surface area contributed by atoms with Crippen LogP contribution < -0.4 is 4.72 Å². The van der Waals surface area contributed by atoms with Crippen molar-refractivity contribution in [2.45, 2.75) is 71.4 Å². The van der Waals surface area contributed by atoms with E-state index in [2.05, 4.69) is 16.9 Å². The van der Waals surface area contributed by atoms with Gasteiger partial charge < -0.3 is 9.47 Å². The molecule has 5 nitrogen and oxygen atoms in total. The van der Waals surface area contributed by atoms with Gasteiger partial charge in [-0.25, -0.2) is 0 Å². The number of esters is 2. The minimum Gasteiger partial charge on any atom is -0.461 e. The molecule has 5 rings (SSSR count). The highest BCUT2D eigenvalue weighted by atomic mass is 32.2. The Balaban J connectivity index is 1.43. The van der Waals surface area contributed by atoms with Gasteiger partial charge in [0.1, 0.15) is 12.7 Å². The number of fused-ring (bicyclic) bond motifs is 5. The molecule has 0 aromatic carbocycles. The summed E-state index contributed by atoms with van der Waals surface area (Å²) in [7, 11) is 0. The highest BCUT2D eigenvalue weighted by Gasteiger charge is 2.42. The molecule has 0 amide bonds. The van der Waals surface area contributed by atoms with Gasteiger partial charge in [-0.15, -0.1) is 0 Å². The van der Waals surface area contributed by atoms with Crippen LogP contribution in [0.3, 0.4) is 0 Å². The van der Waals surface area contributed by atoms with E-state index >= 15 is 0 Å². The molecule has 0 aromatic rings. The lowest BCUT2D eigenvalue weighted by atomic mass is 9.71. The zero-order valence-corrected chi connectivity index (χ0v) is 22.0. The van der Waals surface area contributed by atoms with Crippen molar-refractivity contribution in [1.82, 2.24) is 4.72 Å². The molecule has 9 heteroatoms. The minimum absolute atomic E-state index is 0.164. The van der Waals surface area contributed by atoms with Crippen LogP contribution in [0.5, 0.6) is 0 Å². The average molecular weight is 526 g/mol. The van der Waals surface area contributed by atoms with Gasteiger partial charge in [-0.2, -0.15) is 13.2 Å². The fourth-order valence-electron chi connectivity index (χ4n) is 5.63.